The number of carbonyl (C=O) groups is 2. The van der Waals surface area contributed by atoms with Crippen molar-refractivity contribution in [3.63, 3.8) is 0 Å². The molecule has 1 unspecified atom stereocenters. The third-order valence-corrected chi connectivity index (χ3v) is 8.75. The number of hydrogen-bond donors (Lipinski definition) is 0. The molecule has 0 radical (unpaired) electrons. The van der Waals surface area contributed by atoms with Crippen molar-refractivity contribution < 1.29 is 14.3 Å². The van der Waals surface area contributed by atoms with Gasteiger partial charge in [-0.25, -0.2) is 0 Å². The molecule has 1 aliphatic heterocycles. The standard InChI is InChI=1S/C35H38N2O3S/c1-3-40-23-10-21-36(35(39)33(27-11-6-4-7-12-27)28-13-8-5-9-14-28)25-32(38)37-22-19-31-30(20-24-41-31)34(37)29-17-15-26(2)16-18-29/h4-9,11-18,20,24,33-34H,3,10,19,21-23,25H2,1-2H3. The van der Waals surface area contributed by atoms with Gasteiger partial charge in [-0.15, -0.1) is 11.3 Å². The predicted octanol–water partition coefficient (Wildman–Crippen LogP) is 6.62. The number of benzene rings is 3. The fraction of sp³-hybridized carbons (Fsp3) is 0.314. The molecule has 5 nitrogen and oxygen atoms in total. The van der Waals surface area contributed by atoms with Gasteiger partial charge in [-0.3, -0.25) is 9.59 Å². The van der Waals surface area contributed by atoms with Crippen LogP contribution in [0.15, 0.2) is 96.4 Å². The van der Waals surface area contributed by atoms with E-state index in [1.165, 1.54) is 16.0 Å². The van der Waals surface area contributed by atoms with E-state index in [1.54, 1.807) is 16.2 Å². The van der Waals surface area contributed by atoms with Gasteiger partial charge in [-0.05, 0) is 60.4 Å². The third-order valence-electron chi connectivity index (χ3n) is 7.75. The molecule has 1 aromatic heterocycles. The zero-order valence-electron chi connectivity index (χ0n) is 23.9. The molecule has 0 saturated carbocycles. The van der Waals surface area contributed by atoms with E-state index in [0.717, 1.165) is 23.1 Å². The van der Waals surface area contributed by atoms with Crippen LogP contribution in [0.1, 0.15) is 58.0 Å². The molecule has 0 aliphatic carbocycles. The lowest BCUT2D eigenvalue weighted by Gasteiger charge is -2.38. The molecule has 2 heterocycles. The summed E-state index contributed by atoms with van der Waals surface area (Å²) in [7, 11) is 0. The van der Waals surface area contributed by atoms with Gasteiger partial charge in [0.15, 0.2) is 0 Å². The van der Waals surface area contributed by atoms with Crippen molar-refractivity contribution in [3.05, 3.63) is 129 Å². The number of aryl methyl sites for hydroxylation is 1. The lowest BCUT2D eigenvalue weighted by atomic mass is 9.89. The second kappa shape index (κ2) is 13.7. The highest BCUT2D eigenvalue weighted by Crippen LogP contribution is 2.38. The Kier molecular flexibility index (Phi) is 9.65. The Hall–Kier alpha value is -3.74. The van der Waals surface area contributed by atoms with Gasteiger partial charge in [-0.1, -0.05) is 90.5 Å². The second-order valence-electron chi connectivity index (χ2n) is 10.5. The van der Waals surface area contributed by atoms with Gasteiger partial charge in [0.2, 0.25) is 11.8 Å². The topological polar surface area (TPSA) is 49.9 Å². The first-order chi connectivity index (χ1) is 20.1. The van der Waals surface area contributed by atoms with Crippen LogP contribution in [0.5, 0.6) is 0 Å². The normalized spacial score (nSPS) is 14.6. The largest absolute Gasteiger partial charge is 0.382 e. The summed E-state index contributed by atoms with van der Waals surface area (Å²) in [5.41, 5.74) is 5.32. The van der Waals surface area contributed by atoms with E-state index in [0.29, 0.717) is 32.7 Å². The molecular weight excluding hydrogens is 528 g/mol. The number of nitrogens with zero attached hydrogens (tertiary/aromatic N) is 2. The molecule has 3 aromatic carbocycles. The van der Waals surface area contributed by atoms with Crippen LogP contribution in [0.3, 0.4) is 0 Å². The summed E-state index contributed by atoms with van der Waals surface area (Å²) in [4.78, 5) is 33.6. The van der Waals surface area contributed by atoms with Crippen LogP contribution >= 0.6 is 11.3 Å². The van der Waals surface area contributed by atoms with E-state index in [-0.39, 0.29) is 24.4 Å². The van der Waals surface area contributed by atoms with Crippen molar-refractivity contribution in [1.82, 2.24) is 9.80 Å². The molecule has 212 valence electrons. The summed E-state index contributed by atoms with van der Waals surface area (Å²) in [6.07, 6.45) is 1.50. The molecule has 4 aromatic rings. The van der Waals surface area contributed by atoms with Crippen LogP contribution in [0, 0.1) is 6.92 Å². The summed E-state index contributed by atoms with van der Waals surface area (Å²) in [6.45, 7) is 6.32. The number of rotatable bonds is 11. The summed E-state index contributed by atoms with van der Waals surface area (Å²) >= 11 is 1.76. The van der Waals surface area contributed by atoms with Crippen molar-refractivity contribution in [2.75, 3.05) is 32.8 Å². The van der Waals surface area contributed by atoms with E-state index in [9.17, 15) is 9.59 Å². The molecule has 0 N–H and O–H groups in total. The van der Waals surface area contributed by atoms with E-state index >= 15 is 0 Å². The van der Waals surface area contributed by atoms with Crippen LogP contribution in [0.2, 0.25) is 0 Å². The Morgan fingerprint density at radius 1 is 0.951 bits per heavy atom. The molecule has 0 bridgehead atoms. The molecule has 0 fully saturated rings. The molecule has 6 heteroatoms. The van der Waals surface area contributed by atoms with Gasteiger partial charge in [0, 0.05) is 31.2 Å². The summed E-state index contributed by atoms with van der Waals surface area (Å²) in [5, 5.41) is 2.12. The summed E-state index contributed by atoms with van der Waals surface area (Å²) in [5.74, 6) is -0.584. The molecule has 41 heavy (non-hydrogen) atoms. The van der Waals surface area contributed by atoms with Gasteiger partial charge in [-0.2, -0.15) is 0 Å². The highest BCUT2D eigenvalue weighted by Gasteiger charge is 2.35. The van der Waals surface area contributed by atoms with Crippen LogP contribution in [-0.4, -0.2) is 54.5 Å². The van der Waals surface area contributed by atoms with Gasteiger partial charge >= 0.3 is 0 Å². The minimum atomic E-state index is -0.491. The highest BCUT2D eigenvalue weighted by atomic mass is 32.1. The average molecular weight is 567 g/mol. The fourth-order valence-corrected chi connectivity index (χ4v) is 6.57. The highest BCUT2D eigenvalue weighted by molar-refractivity contribution is 7.10. The SMILES string of the molecule is CCOCCCN(CC(=O)N1CCc2sccc2C1c1ccc(C)cc1)C(=O)C(c1ccccc1)c1ccccc1. The monoisotopic (exact) mass is 566 g/mol. The summed E-state index contributed by atoms with van der Waals surface area (Å²) < 4.78 is 5.60. The average Bonchev–Trinajstić information content (AvgIpc) is 3.49. The Bertz CT molecular complexity index is 1380. The fourth-order valence-electron chi connectivity index (χ4n) is 5.67. The van der Waals surface area contributed by atoms with Crippen LogP contribution in [0.4, 0.5) is 0 Å². The van der Waals surface area contributed by atoms with E-state index in [1.807, 2.05) is 72.5 Å². The quantitative estimate of drug-likeness (QED) is 0.192. The van der Waals surface area contributed by atoms with Crippen molar-refractivity contribution >= 4 is 23.2 Å². The molecule has 5 rings (SSSR count). The zero-order valence-corrected chi connectivity index (χ0v) is 24.7. The number of amides is 2. The lowest BCUT2D eigenvalue weighted by Crippen LogP contribution is -2.48. The van der Waals surface area contributed by atoms with Crippen molar-refractivity contribution in [3.8, 4) is 0 Å². The van der Waals surface area contributed by atoms with Crippen molar-refractivity contribution in [1.29, 1.82) is 0 Å². The molecular formula is C35H38N2O3S. The van der Waals surface area contributed by atoms with E-state index < -0.39 is 5.92 Å². The van der Waals surface area contributed by atoms with Gasteiger partial charge in [0.05, 0.1) is 18.5 Å². The van der Waals surface area contributed by atoms with Crippen molar-refractivity contribution in [2.45, 2.75) is 38.6 Å². The first-order valence-corrected chi connectivity index (χ1v) is 15.3. The van der Waals surface area contributed by atoms with E-state index in [2.05, 4.69) is 42.6 Å². The second-order valence-corrected chi connectivity index (χ2v) is 11.5. The van der Waals surface area contributed by atoms with Crippen molar-refractivity contribution in [2.24, 2.45) is 0 Å². The summed E-state index contributed by atoms with van der Waals surface area (Å²) in [6, 6.07) is 30.2. The number of fused-ring (bicyclic) bond motifs is 1. The van der Waals surface area contributed by atoms with Gasteiger partial charge in [0.1, 0.15) is 0 Å². The van der Waals surface area contributed by atoms with E-state index in [4.69, 9.17) is 4.74 Å². The molecule has 2 amide bonds. The first kappa shape index (κ1) is 28.8. The maximum atomic E-state index is 14.4. The Morgan fingerprint density at radius 2 is 1.61 bits per heavy atom. The lowest BCUT2D eigenvalue weighted by molar-refractivity contribution is -0.142. The van der Waals surface area contributed by atoms with Crippen LogP contribution in [-0.2, 0) is 20.7 Å². The van der Waals surface area contributed by atoms with Gasteiger partial charge < -0.3 is 14.5 Å². The van der Waals surface area contributed by atoms with Crippen LogP contribution in [0.25, 0.3) is 0 Å². The zero-order chi connectivity index (χ0) is 28.6. The minimum Gasteiger partial charge on any atom is -0.382 e. The molecule has 0 spiro atoms. The molecule has 1 atom stereocenters. The Labute approximate surface area is 247 Å². The number of carbonyl (C=O) groups excluding carboxylic acids is 2. The Morgan fingerprint density at radius 3 is 2.24 bits per heavy atom. The van der Waals surface area contributed by atoms with Crippen LogP contribution < -0.4 is 0 Å². The maximum Gasteiger partial charge on any atom is 0.242 e. The number of thiophene rings is 1. The maximum absolute atomic E-state index is 14.4. The molecule has 0 saturated heterocycles. The van der Waals surface area contributed by atoms with Gasteiger partial charge in [0.25, 0.3) is 0 Å². The first-order valence-electron chi connectivity index (χ1n) is 14.5. The Balaban J connectivity index is 1.45. The predicted molar refractivity (Wildman–Crippen MR) is 165 cm³/mol. The number of hydrogen-bond acceptors (Lipinski definition) is 4. The number of ether oxygens (including phenoxy) is 1. The third kappa shape index (κ3) is 6.77. The smallest absolute Gasteiger partial charge is 0.242 e. The minimum absolute atomic E-state index is 0.0305. The molecule has 1 aliphatic rings.